The minimum absolute atomic E-state index is 0.573. The number of aromatic nitrogens is 4. The van der Waals surface area contributed by atoms with Crippen LogP contribution in [0.1, 0.15) is 45.4 Å². The van der Waals surface area contributed by atoms with Crippen molar-refractivity contribution in [3.8, 4) is 0 Å². The Morgan fingerprint density at radius 1 is 1.04 bits per heavy atom. The number of benzene rings is 1. The molecule has 1 N–H and O–H groups in total. The molecule has 2 heterocycles. The van der Waals surface area contributed by atoms with Gasteiger partial charge in [-0.3, -0.25) is 0 Å². The Bertz CT molecular complexity index is 817. The lowest BCUT2D eigenvalue weighted by atomic mass is 10.1. The topological polar surface area (TPSA) is 55.9 Å². The van der Waals surface area contributed by atoms with E-state index in [0.717, 1.165) is 29.7 Å². The van der Waals surface area contributed by atoms with Crippen LogP contribution in [-0.2, 0) is 18.1 Å². The van der Waals surface area contributed by atoms with Crippen molar-refractivity contribution >= 4 is 16.7 Å². The fourth-order valence-corrected chi connectivity index (χ4v) is 3.06. The highest BCUT2D eigenvalue weighted by molar-refractivity contribution is 5.73. The van der Waals surface area contributed by atoms with Crippen LogP contribution in [0.15, 0.2) is 48.8 Å². The van der Waals surface area contributed by atoms with Crippen LogP contribution in [0.2, 0.25) is 0 Å². The molecule has 2 aromatic heterocycles. The molecule has 144 valence electrons. The van der Waals surface area contributed by atoms with Crippen LogP contribution in [0.25, 0.3) is 11.0 Å². The second kappa shape index (κ2) is 10.6. The Hall–Kier alpha value is -2.47. The van der Waals surface area contributed by atoms with E-state index < -0.39 is 0 Å². The van der Waals surface area contributed by atoms with Crippen LogP contribution in [0.5, 0.6) is 0 Å². The lowest BCUT2D eigenvalue weighted by Gasteiger charge is -2.06. The maximum atomic E-state index is 5.80. The van der Waals surface area contributed by atoms with Gasteiger partial charge in [-0.15, -0.1) is 5.10 Å². The molecule has 0 aliphatic heterocycles. The molecule has 0 spiro atoms. The van der Waals surface area contributed by atoms with Crippen LogP contribution in [0, 0.1) is 0 Å². The van der Waals surface area contributed by atoms with Crippen molar-refractivity contribution < 1.29 is 9.30 Å². The standard InChI is InChI=1S/C21H30N5O/c1-2-3-4-5-6-9-15-27-18-25-14-10-11-19(16-25)22-17-26-21-13-8-7-12-20(21)23-24-26/h7-8,10-14,16,22H,2-6,9,15,17-18H2,1H3/q+1. The third-order valence-corrected chi connectivity index (χ3v) is 4.59. The predicted octanol–water partition coefficient (Wildman–Crippen LogP) is 4.12. The van der Waals surface area contributed by atoms with Crippen LogP contribution < -0.4 is 9.88 Å². The van der Waals surface area contributed by atoms with Gasteiger partial charge in [0.25, 0.3) is 6.73 Å². The van der Waals surface area contributed by atoms with Gasteiger partial charge in [0.1, 0.15) is 17.9 Å². The quantitative estimate of drug-likeness (QED) is 0.386. The van der Waals surface area contributed by atoms with Gasteiger partial charge < -0.3 is 10.1 Å². The number of ether oxygens (including phenoxy) is 1. The van der Waals surface area contributed by atoms with Crippen molar-refractivity contribution in [2.75, 3.05) is 11.9 Å². The first kappa shape index (κ1) is 19.3. The van der Waals surface area contributed by atoms with Gasteiger partial charge in [0, 0.05) is 6.07 Å². The van der Waals surface area contributed by atoms with Gasteiger partial charge in [0.2, 0.25) is 0 Å². The molecule has 0 bridgehead atoms. The molecule has 0 aliphatic rings. The van der Waals surface area contributed by atoms with Gasteiger partial charge in [-0.1, -0.05) is 56.4 Å². The fourth-order valence-electron chi connectivity index (χ4n) is 3.06. The summed E-state index contributed by atoms with van der Waals surface area (Å²) in [5, 5.41) is 11.8. The maximum absolute atomic E-state index is 5.80. The molecule has 0 atom stereocenters. The van der Waals surface area contributed by atoms with Crippen molar-refractivity contribution in [1.82, 2.24) is 15.0 Å². The van der Waals surface area contributed by atoms with Gasteiger partial charge in [-0.2, -0.15) is 4.57 Å². The van der Waals surface area contributed by atoms with Crippen molar-refractivity contribution in [3.05, 3.63) is 48.8 Å². The first-order valence-corrected chi connectivity index (χ1v) is 9.96. The molecule has 0 saturated heterocycles. The molecule has 3 aromatic rings. The maximum Gasteiger partial charge on any atom is 0.252 e. The summed E-state index contributed by atoms with van der Waals surface area (Å²) in [6.45, 7) is 4.22. The van der Waals surface area contributed by atoms with Crippen molar-refractivity contribution in [1.29, 1.82) is 0 Å². The molecule has 6 nitrogen and oxygen atoms in total. The molecule has 0 unspecified atom stereocenters. The second-order valence-electron chi connectivity index (χ2n) is 6.82. The molecule has 0 amide bonds. The molecule has 0 radical (unpaired) electrons. The Balaban J connectivity index is 1.41. The van der Waals surface area contributed by atoms with E-state index in [9.17, 15) is 0 Å². The van der Waals surface area contributed by atoms with Crippen LogP contribution >= 0.6 is 0 Å². The number of pyridine rings is 1. The second-order valence-corrected chi connectivity index (χ2v) is 6.82. The zero-order valence-corrected chi connectivity index (χ0v) is 16.2. The summed E-state index contributed by atoms with van der Waals surface area (Å²) in [5.41, 5.74) is 2.96. The van der Waals surface area contributed by atoms with E-state index in [2.05, 4.69) is 33.3 Å². The lowest BCUT2D eigenvalue weighted by molar-refractivity contribution is -0.732. The van der Waals surface area contributed by atoms with E-state index >= 15 is 0 Å². The van der Waals surface area contributed by atoms with E-state index in [1.165, 1.54) is 32.1 Å². The van der Waals surface area contributed by atoms with Crippen molar-refractivity contribution in [3.63, 3.8) is 0 Å². The summed E-state index contributed by atoms with van der Waals surface area (Å²) in [4.78, 5) is 0. The van der Waals surface area contributed by atoms with Gasteiger partial charge in [-0.25, -0.2) is 4.68 Å². The van der Waals surface area contributed by atoms with Crippen LogP contribution in [0.4, 0.5) is 5.69 Å². The number of nitrogens with one attached hydrogen (secondary N) is 1. The molecule has 3 rings (SSSR count). The van der Waals surface area contributed by atoms with E-state index in [4.69, 9.17) is 4.74 Å². The summed E-state index contributed by atoms with van der Waals surface area (Å²) in [5.74, 6) is 0. The van der Waals surface area contributed by atoms with Gasteiger partial charge in [0.05, 0.1) is 12.1 Å². The highest BCUT2D eigenvalue weighted by Gasteiger charge is 2.05. The number of rotatable bonds is 12. The van der Waals surface area contributed by atoms with Crippen molar-refractivity contribution in [2.24, 2.45) is 0 Å². The number of unbranched alkanes of at least 4 members (excludes halogenated alkanes) is 5. The minimum Gasteiger partial charge on any atom is -0.361 e. The average molecular weight is 369 g/mol. The molecule has 27 heavy (non-hydrogen) atoms. The summed E-state index contributed by atoms with van der Waals surface area (Å²) in [6.07, 6.45) is 11.8. The molecule has 0 fully saturated rings. The summed E-state index contributed by atoms with van der Waals surface area (Å²) in [6, 6.07) is 12.0. The number of fused-ring (bicyclic) bond motifs is 1. The number of hydrogen-bond acceptors (Lipinski definition) is 4. The summed E-state index contributed by atoms with van der Waals surface area (Å²) < 4.78 is 9.71. The molecule has 0 aliphatic carbocycles. The third kappa shape index (κ3) is 6.03. The molecule has 1 aromatic carbocycles. The van der Waals surface area contributed by atoms with E-state index in [1.807, 2.05) is 47.3 Å². The SMILES string of the molecule is CCCCCCCCOC[n+]1cccc(NCn2nnc3ccccc32)c1. The molecular formula is C21H30N5O+. The van der Waals surface area contributed by atoms with E-state index in [1.54, 1.807) is 0 Å². The van der Waals surface area contributed by atoms with Gasteiger partial charge >= 0.3 is 0 Å². The lowest BCUT2D eigenvalue weighted by Crippen LogP contribution is -2.34. The first-order valence-electron chi connectivity index (χ1n) is 9.96. The Kier molecular flexibility index (Phi) is 7.59. The van der Waals surface area contributed by atoms with E-state index in [-0.39, 0.29) is 0 Å². The van der Waals surface area contributed by atoms with Crippen LogP contribution in [0.3, 0.4) is 0 Å². The smallest absolute Gasteiger partial charge is 0.252 e. The van der Waals surface area contributed by atoms with Gasteiger partial charge in [0.15, 0.2) is 12.4 Å². The molecular weight excluding hydrogens is 338 g/mol. The van der Waals surface area contributed by atoms with Crippen molar-refractivity contribution in [2.45, 2.75) is 58.8 Å². The highest BCUT2D eigenvalue weighted by atomic mass is 16.5. The molecule has 6 heteroatoms. The zero-order chi connectivity index (χ0) is 18.7. The highest BCUT2D eigenvalue weighted by Crippen LogP contribution is 2.10. The zero-order valence-electron chi connectivity index (χ0n) is 16.2. The minimum atomic E-state index is 0.573. The summed E-state index contributed by atoms with van der Waals surface area (Å²) in [7, 11) is 0. The van der Waals surface area contributed by atoms with Crippen LogP contribution in [-0.4, -0.2) is 21.6 Å². The normalized spacial score (nSPS) is 11.1. The Labute approximate surface area is 161 Å². The number of nitrogens with zero attached hydrogens (tertiary/aromatic N) is 4. The largest absolute Gasteiger partial charge is 0.361 e. The monoisotopic (exact) mass is 368 g/mol. The van der Waals surface area contributed by atoms with Gasteiger partial charge in [-0.05, 0) is 24.6 Å². The number of anilines is 1. The Morgan fingerprint density at radius 3 is 2.81 bits per heavy atom. The predicted molar refractivity (Wildman–Crippen MR) is 107 cm³/mol. The Morgan fingerprint density at radius 2 is 1.89 bits per heavy atom. The average Bonchev–Trinajstić information content (AvgIpc) is 3.12. The fraction of sp³-hybridized carbons (Fsp3) is 0.476. The third-order valence-electron chi connectivity index (χ3n) is 4.59. The molecule has 0 saturated carbocycles. The van der Waals surface area contributed by atoms with E-state index in [0.29, 0.717) is 13.4 Å². The number of para-hydroxylation sites is 1. The number of hydrogen-bond donors (Lipinski definition) is 1. The summed E-state index contributed by atoms with van der Waals surface area (Å²) >= 11 is 0. The first-order chi connectivity index (χ1) is 13.4.